The van der Waals surface area contributed by atoms with E-state index < -0.39 is 48.2 Å². The van der Waals surface area contributed by atoms with Gasteiger partial charge in [0, 0.05) is 6.54 Å². The predicted molar refractivity (Wildman–Crippen MR) is 111 cm³/mol. The summed E-state index contributed by atoms with van der Waals surface area (Å²) in [5, 5.41) is 12.2. The van der Waals surface area contributed by atoms with Crippen molar-refractivity contribution in [1.29, 1.82) is 5.26 Å². The number of fused-ring (bicyclic) bond motifs is 3. The molecule has 31 heavy (non-hydrogen) atoms. The zero-order valence-electron chi connectivity index (χ0n) is 17.6. The molecule has 1 amide bonds. The summed E-state index contributed by atoms with van der Waals surface area (Å²) >= 11 is 3.27. The molecular formula is C21H24BrN3O6. The van der Waals surface area contributed by atoms with E-state index >= 15 is 0 Å². The van der Waals surface area contributed by atoms with Gasteiger partial charge in [0.2, 0.25) is 0 Å². The van der Waals surface area contributed by atoms with Gasteiger partial charge in [0.15, 0.2) is 17.9 Å². The van der Waals surface area contributed by atoms with Crippen molar-refractivity contribution in [3.63, 3.8) is 0 Å². The van der Waals surface area contributed by atoms with Crippen molar-refractivity contribution in [2.75, 3.05) is 6.54 Å². The summed E-state index contributed by atoms with van der Waals surface area (Å²) in [6.45, 7) is 7.36. The number of carbonyl (C=O) groups excluding carboxylic acids is 1. The van der Waals surface area contributed by atoms with Crippen LogP contribution in [0, 0.1) is 11.3 Å². The highest BCUT2D eigenvalue weighted by Crippen LogP contribution is 2.43. The minimum Gasteiger partial charge on any atom is -0.349 e. The summed E-state index contributed by atoms with van der Waals surface area (Å²) in [5.74, 6) is -2.17. The number of pyridine rings is 1. The summed E-state index contributed by atoms with van der Waals surface area (Å²) in [4.78, 5) is 16.9. The normalized spacial score (nSPS) is 33.3. The molecule has 1 aromatic heterocycles. The third-order valence-electron chi connectivity index (χ3n) is 5.11. The minimum absolute atomic E-state index is 0.0682. The van der Waals surface area contributed by atoms with Crippen LogP contribution in [0.5, 0.6) is 0 Å². The predicted octanol–water partition coefficient (Wildman–Crippen LogP) is 2.26. The Bertz CT molecular complexity index is 943. The number of hydrogen-bond donors (Lipinski definition) is 1. The molecule has 10 heteroatoms. The number of aromatic nitrogens is 1. The SMILES string of the molecule is CC1(C)O[C@H]2[C@@H](O1)[C@@H](CNC(=O)C(C#N)=Cc1cccc(Br)n1)O[C@@H]1OC(C)(C)O[C@@H]12. The molecule has 3 saturated heterocycles. The molecule has 0 bridgehead atoms. The molecule has 3 aliphatic heterocycles. The van der Waals surface area contributed by atoms with E-state index in [0.29, 0.717) is 10.3 Å². The smallest absolute Gasteiger partial charge is 0.262 e. The number of nitriles is 1. The fraction of sp³-hybridized carbons (Fsp3) is 0.571. The molecule has 0 saturated carbocycles. The summed E-state index contributed by atoms with van der Waals surface area (Å²) in [6, 6.07) is 7.15. The van der Waals surface area contributed by atoms with Gasteiger partial charge in [-0.1, -0.05) is 6.07 Å². The Labute approximate surface area is 188 Å². The van der Waals surface area contributed by atoms with Gasteiger partial charge < -0.3 is 29.0 Å². The third-order valence-corrected chi connectivity index (χ3v) is 5.55. The first-order chi connectivity index (χ1) is 14.6. The van der Waals surface area contributed by atoms with Gasteiger partial charge in [0.25, 0.3) is 5.91 Å². The average molecular weight is 494 g/mol. The van der Waals surface area contributed by atoms with Crippen LogP contribution in [0.4, 0.5) is 0 Å². The van der Waals surface area contributed by atoms with Crippen LogP contribution >= 0.6 is 15.9 Å². The van der Waals surface area contributed by atoms with Crippen LogP contribution in [0.2, 0.25) is 0 Å². The summed E-state index contributed by atoms with van der Waals surface area (Å²) in [5.41, 5.74) is 0.423. The Morgan fingerprint density at radius 2 is 1.84 bits per heavy atom. The topological polar surface area (TPSA) is 112 Å². The molecule has 1 N–H and O–H groups in total. The van der Waals surface area contributed by atoms with Gasteiger partial charge in [0.05, 0.1) is 5.69 Å². The molecule has 4 heterocycles. The quantitative estimate of drug-likeness (QED) is 0.386. The minimum atomic E-state index is -0.823. The van der Waals surface area contributed by atoms with Crippen molar-refractivity contribution in [3.8, 4) is 6.07 Å². The highest BCUT2D eigenvalue weighted by atomic mass is 79.9. The van der Waals surface area contributed by atoms with Gasteiger partial charge in [-0.15, -0.1) is 0 Å². The van der Waals surface area contributed by atoms with E-state index in [4.69, 9.17) is 23.7 Å². The van der Waals surface area contributed by atoms with E-state index in [9.17, 15) is 10.1 Å². The molecule has 1 aromatic rings. The first-order valence-corrected chi connectivity index (χ1v) is 10.8. The van der Waals surface area contributed by atoms with Crippen molar-refractivity contribution >= 4 is 27.9 Å². The van der Waals surface area contributed by atoms with Crippen molar-refractivity contribution in [2.45, 2.75) is 70.0 Å². The molecule has 9 nitrogen and oxygen atoms in total. The summed E-state index contributed by atoms with van der Waals surface area (Å²) in [6.07, 6.45) is -1.07. The standard InChI is InChI=1S/C21H24BrN3O6/c1-20(2)28-15-13(27-19-17(16(15)29-20)30-21(3,4)31-19)10-24-18(26)11(9-23)8-12-6-5-7-14(22)25-12/h5-8,13,15-17,19H,10H2,1-4H3,(H,24,26)/t13-,15+,16+,17-,19-/m1/s1. The number of halogens is 1. The molecule has 0 spiro atoms. The van der Waals surface area contributed by atoms with E-state index in [1.165, 1.54) is 6.08 Å². The lowest BCUT2D eigenvalue weighted by atomic mass is 9.99. The van der Waals surface area contributed by atoms with Crippen LogP contribution in [0.1, 0.15) is 33.4 Å². The van der Waals surface area contributed by atoms with Gasteiger partial charge in [-0.25, -0.2) is 4.98 Å². The zero-order chi connectivity index (χ0) is 22.4. The number of rotatable bonds is 4. The molecule has 0 aliphatic carbocycles. The zero-order valence-corrected chi connectivity index (χ0v) is 19.2. The van der Waals surface area contributed by atoms with Gasteiger partial charge in [0.1, 0.15) is 40.7 Å². The van der Waals surface area contributed by atoms with Crippen molar-refractivity contribution in [2.24, 2.45) is 0 Å². The molecule has 0 aromatic carbocycles. The lowest BCUT2D eigenvalue weighted by molar-refractivity contribution is -0.232. The number of hydrogen-bond acceptors (Lipinski definition) is 8. The molecule has 3 aliphatic rings. The molecule has 5 atom stereocenters. The number of carbonyl (C=O) groups is 1. The van der Waals surface area contributed by atoms with Crippen LogP contribution in [0.15, 0.2) is 28.4 Å². The average Bonchev–Trinajstić information content (AvgIpc) is 3.18. The monoisotopic (exact) mass is 493 g/mol. The highest BCUT2D eigenvalue weighted by molar-refractivity contribution is 9.10. The number of nitrogens with one attached hydrogen (secondary N) is 1. The van der Waals surface area contributed by atoms with Crippen LogP contribution in [-0.4, -0.2) is 59.7 Å². The second-order valence-corrected chi connectivity index (χ2v) is 9.29. The second kappa shape index (κ2) is 8.24. The van der Waals surface area contributed by atoms with Gasteiger partial charge in [-0.2, -0.15) is 5.26 Å². The Morgan fingerprint density at radius 1 is 1.16 bits per heavy atom. The number of ether oxygens (including phenoxy) is 5. The van der Waals surface area contributed by atoms with E-state index in [-0.39, 0.29) is 12.1 Å². The fourth-order valence-corrected chi connectivity index (χ4v) is 4.30. The first kappa shape index (κ1) is 22.3. The molecular weight excluding hydrogens is 470 g/mol. The van der Waals surface area contributed by atoms with Gasteiger partial charge in [-0.05, 0) is 61.8 Å². The van der Waals surface area contributed by atoms with Crippen LogP contribution in [-0.2, 0) is 28.5 Å². The van der Waals surface area contributed by atoms with E-state index in [0.717, 1.165) is 0 Å². The Balaban J connectivity index is 1.47. The maximum atomic E-state index is 12.6. The molecule has 3 fully saturated rings. The molecule has 0 unspecified atom stereocenters. The Hall–Kier alpha value is -1.87. The van der Waals surface area contributed by atoms with Crippen LogP contribution in [0.25, 0.3) is 6.08 Å². The maximum Gasteiger partial charge on any atom is 0.262 e. The Morgan fingerprint density at radius 3 is 2.55 bits per heavy atom. The first-order valence-electron chi connectivity index (χ1n) is 9.96. The summed E-state index contributed by atoms with van der Waals surface area (Å²) in [7, 11) is 0. The van der Waals surface area contributed by atoms with Crippen LogP contribution in [0.3, 0.4) is 0 Å². The van der Waals surface area contributed by atoms with E-state index in [1.807, 2.05) is 19.9 Å². The lowest BCUT2D eigenvalue weighted by Crippen LogP contribution is -2.57. The largest absolute Gasteiger partial charge is 0.349 e. The fourth-order valence-electron chi connectivity index (χ4n) is 3.95. The van der Waals surface area contributed by atoms with Crippen LogP contribution < -0.4 is 5.32 Å². The Kier molecular flexibility index (Phi) is 5.93. The van der Waals surface area contributed by atoms with Gasteiger partial charge >= 0.3 is 0 Å². The van der Waals surface area contributed by atoms with Crippen molar-refractivity contribution < 1.29 is 28.5 Å². The number of amides is 1. The second-order valence-electron chi connectivity index (χ2n) is 8.47. The van der Waals surface area contributed by atoms with E-state index in [1.54, 1.807) is 32.0 Å². The third kappa shape index (κ3) is 4.82. The molecule has 4 rings (SSSR count). The van der Waals surface area contributed by atoms with Crippen molar-refractivity contribution in [3.05, 3.63) is 34.1 Å². The maximum absolute atomic E-state index is 12.6. The molecule has 166 valence electrons. The van der Waals surface area contributed by atoms with Crippen molar-refractivity contribution in [1.82, 2.24) is 10.3 Å². The van der Waals surface area contributed by atoms with Gasteiger partial charge in [-0.3, -0.25) is 4.79 Å². The summed E-state index contributed by atoms with van der Waals surface area (Å²) < 4.78 is 30.6. The lowest BCUT2D eigenvalue weighted by Gasteiger charge is -2.37. The number of nitrogens with zero attached hydrogens (tertiary/aromatic N) is 2. The van der Waals surface area contributed by atoms with E-state index in [2.05, 4.69) is 26.2 Å². The highest BCUT2D eigenvalue weighted by Gasteiger charge is 2.60. The molecule has 0 radical (unpaired) electrons.